The molecular formula is C28H23F3N2O2S. The third-order valence-corrected chi connectivity index (χ3v) is 7.74. The molecule has 4 aromatic rings. The summed E-state index contributed by atoms with van der Waals surface area (Å²) in [6.45, 7) is 5.29. The molecule has 1 heterocycles. The zero-order chi connectivity index (χ0) is 26.3. The fourth-order valence-electron chi connectivity index (χ4n) is 4.22. The van der Waals surface area contributed by atoms with Gasteiger partial charge in [-0.25, -0.2) is 8.42 Å². The minimum Gasteiger partial charge on any atom is -0.317 e. The molecule has 0 amide bonds. The molecule has 8 heteroatoms. The van der Waals surface area contributed by atoms with Crippen molar-refractivity contribution >= 4 is 26.7 Å². The summed E-state index contributed by atoms with van der Waals surface area (Å²) in [5.74, 6) is -0.172. The number of halogens is 3. The molecule has 0 aliphatic heterocycles. The molecular weight excluding hydrogens is 485 g/mol. The number of hydrogen-bond donors (Lipinski definition) is 0. The normalized spacial score (nSPS) is 12.8. The van der Waals surface area contributed by atoms with Gasteiger partial charge in [-0.3, -0.25) is 0 Å². The SMILES string of the molecule is Cc1c(/C=C(\C#N)S(=O)(=O)c2ccc3ccccc3c2)cc(C(C)C)n1-c1ccccc1C(F)(F)F. The Morgan fingerprint density at radius 2 is 1.61 bits per heavy atom. The summed E-state index contributed by atoms with van der Waals surface area (Å²) in [6.07, 6.45) is -3.34. The third-order valence-electron chi connectivity index (χ3n) is 6.07. The van der Waals surface area contributed by atoms with Crippen LogP contribution in [0.25, 0.3) is 22.5 Å². The van der Waals surface area contributed by atoms with Crippen molar-refractivity contribution in [3.63, 3.8) is 0 Å². The Morgan fingerprint density at radius 3 is 2.25 bits per heavy atom. The maximum Gasteiger partial charge on any atom is 0.418 e. The predicted molar refractivity (Wildman–Crippen MR) is 134 cm³/mol. The molecule has 0 spiro atoms. The minimum absolute atomic E-state index is 0.0300. The summed E-state index contributed by atoms with van der Waals surface area (Å²) in [6, 6.07) is 20.5. The van der Waals surface area contributed by atoms with Crippen LogP contribution in [-0.2, 0) is 16.0 Å². The number of fused-ring (bicyclic) bond motifs is 1. The zero-order valence-electron chi connectivity index (χ0n) is 19.8. The van der Waals surface area contributed by atoms with Crippen molar-refractivity contribution in [2.24, 2.45) is 0 Å². The number of nitriles is 1. The summed E-state index contributed by atoms with van der Waals surface area (Å²) in [7, 11) is -4.17. The van der Waals surface area contributed by atoms with Gasteiger partial charge in [0.15, 0.2) is 0 Å². The molecule has 0 aliphatic carbocycles. The Labute approximate surface area is 207 Å². The van der Waals surface area contributed by atoms with Crippen molar-refractivity contribution in [3.05, 3.63) is 100 Å². The van der Waals surface area contributed by atoms with Crippen LogP contribution < -0.4 is 0 Å². The Kier molecular flexibility index (Phi) is 6.54. The zero-order valence-corrected chi connectivity index (χ0v) is 20.7. The molecule has 36 heavy (non-hydrogen) atoms. The van der Waals surface area contributed by atoms with Gasteiger partial charge in [0.25, 0.3) is 0 Å². The Bertz CT molecular complexity index is 1640. The molecule has 184 valence electrons. The summed E-state index contributed by atoms with van der Waals surface area (Å²) in [5, 5.41) is 11.4. The van der Waals surface area contributed by atoms with Crippen molar-refractivity contribution < 1.29 is 21.6 Å². The van der Waals surface area contributed by atoms with Gasteiger partial charge in [0.2, 0.25) is 9.84 Å². The number of alkyl halides is 3. The Morgan fingerprint density at radius 1 is 0.972 bits per heavy atom. The highest BCUT2D eigenvalue weighted by molar-refractivity contribution is 7.95. The molecule has 0 saturated carbocycles. The van der Waals surface area contributed by atoms with Crippen LogP contribution in [0, 0.1) is 18.3 Å². The molecule has 0 N–H and O–H groups in total. The number of rotatable bonds is 5. The standard InChI is InChI=1S/C28H23F3N2O2S/c1-18(2)27-16-22(19(3)33(27)26-11-7-6-10-25(26)28(29,30)31)15-24(17-32)36(34,35)23-13-12-20-8-4-5-9-21(20)14-23/h4-16,18H,1-3H3/b24-15+. The molecule has 0 atom stereocenters. The van der Waals surface area contributed by atoms with Crippen LogP contribution in [0.4, 0.5) is 13.2 Å². The van der Waals surface area contributed by atoms with E-state index in [0.717, 1.165) is 11.5 Å². The maximum atomic E-state index is 13.8. The first-order chi connectivity index (χ1) is 16.9. The molecule has 0 unspecified atom stereocenters. The second-order valence-corrected chi connectivity index (χ2v) is 10.7. The lowest BCUT2D eigenvalue weighted by atomic mass is 10.1. The summed E-state index contributed by atoms with van der Waals surface area (Å²) in [5.41, 5.74) is 0.469. The molecule has 0 fully saturated rings. The van der Waals surface area contributed by atoms with Crippen LogP contribution in [0.1, 0.15) is 42.3 Å². The monoisotopic (exact) mass is 508 g/mol. The highest BCUT2D eigenvalue weighted by atomic mass is 32.2. The van der Waals surface area contributed by atoms with E-state index in [1.54, 1.807) is 37.3 Å². The van der Waals surface area contributed by atoms with Gasteiger partial charge in [-0.15, -0.1) is 0 Å². The number of para-hydroxylation sites is 1. The van der Waals surface area contributed by atoms with E-state index in [1.807, 2.05) is 26.0 Å². The van der Waals surface area contributed by atoms with E-state index in [4.69, 9.17) is 0 Å². The second kappa shape index (κ2) is 9.32. The lowest BCUT2D eigenvalue weighted by molar-refractivity contribution is -0.137. The first-order valence-electron chi connectivity index (χ1n) is 11.2. The van der Waals surface area contributed by atoms with Crippen LogP contribution in [0.2, 0.25) is 0 Å². The summed E-state index contributed by atoms with van der Waals surface area (Å²) < 4.78 is 69.5. The Hall–Kier alpha value is -3.83. The van der Waals surface area contributed by atoms with Gasteiger partial charge in [0, 0.05) is 11.4 Å². The van der Waals surface area contributed by atoms with Crippen LogP contribution in [0.3, 0.4) is 0 Å². The average Bonchev–Trinajstić information content (AvgIpc) is 3.17. The summed E-state index contributed by atoms with van der Waals surface area (Å²) >= 11 is 0. The first-order valence-corrected chi connectivity index (χ1v) is 12.7. The highest BCUT2D eigenvalue weighted by Crippen LogP contribution is 2.37. The van der Waals surface area contributed by atoms with E-state index < -0.39 is 26.5 Å². The number of nitrogens with zero attached hydrogens (tertiary/aromatic N) is 2. The smallest absolute Gasteiger partial charge is 0.317 e. The van der Waals surface area contributed by atoms with E-state index in [-0.39, 0.29) is 16.5 Å². The van der Waals surface area contributed by atoms with Crippen molar-refractivity contribution in [3.8, 4) is 11.8 Å². The largest absolute Gasteiger partial charge is 0.418 e. The van der Waals surface area contributed by atoms with Crippen molar-refractivity contribution in [2.45, 2.75) is 37.8 Å². The van der Waals surface area contributed by atoms with Crippen LogP contribution in [0.5, 0.6) is 0 Å². The second-order valence-electron chi connectivity index (χ2n) is 8.75. The average molecular weight is 509 g/mol. The van der Waals surface area contributed by atoms with Gasteiger partial charge in [-0.2, -0.15) is 18.4 Å². The van der Waals surface area contributed by atoms with E-state index in [1.165, 1.54) is 41.0 Å². The molecule has 4 nitrogen and oxygen atoms in total. The maximum absolute atomic E-state index is 13.8. The van der Waals surface area contributed by atoms with Crippen molar-refractivity contribution in [1.29, 1.82) is 5.26 Å². The Balaban J connectivity index is 1.89. The minimum atomic E-state index is -4.57. The van der Waals surface area contributed by atoms with E-state index in [0.29, 0.717) is 22.3 Å². The van der Waals surface area contributed by atoms with Crippen molar-refractivity contribution in [1.82, 2.24) is 4.57 Å². The van der Waals surface area contributed by atoms with Gasteiger partial charge in [0.05, 0.1) is 16.1 Å². The first kappa shape index (κ1) is 25.3. The molecule has 0 saturated heterocycles. The number of allylic oxidation sites excluding steroid dienone is 1. The molecule has 4 rings (SSSR count). The number of aromatic nitrogens is 1. The molecule has 0 radical (unpaired) electrons. The van der Waals surface area contributed by atoms with Gasteiger partial charge >= 0.3 is 6.18 Å². The fraction of sp³-hybridized carbons (Fsp3) is 0.179. The van der Waals surface area contributed by atoms with Crippen LogP contribution >= 0.6 is 0 Å². The van der Waals surface area contributed by atoms with E-state index in [9.17, 15) is 26.9 Å². The van der Waals surface area contributed by atoms with Crippen molar-refractivity contribution in [2.75, 3.05) is 0 Å². The van der Waals surface area contributed by atoms with Gasteiger partial charge < -0.3 is 4.57 Å². The third kappa shape index (κ3) is 4.54. The van der Waals surface area contributed by atoms with E-state index >= 15 is 0 Å². The predicted octanol–water partition coefficient (Wildman–Crippen LogP) is 7.42. The van der Waals surface area contributed by atoms with Gasteiger partial charge in [-0.1, -0.05) is 56.3 Å². The number of sulfone groups is 1. The lowest BCUT2D eigenvalue weighted by Gasteiger charge is -2.19. The molecule has 1 aromatic heterocycles. The van der Waals surface area contributed by atoms with Gasteiger partial charge in [-0.05, 0) is 65.6 Å². The van der Waals surface area contributed by atoms with Crippen LogP contribution in [0.15, 0.2) is 82.6 Å². The molecule has 0 bridgehead atoms. The summed E-state index contributed by atoms with van der Waals surface area (Å²) in [4.78, 5) is -0.518. The van der Waals surface area contributed by atoms with Crippen LogP contribution in [-0.4, -0.2) is 13.0 Å². The lowest BCUT2D eigenvalue weighted by Crippen LogP contribution is -2.13. The number of benzene rings is 3. The molecule has 0 aliphatic rings. The number of hydrogen-bond acceptors (Lipinski definition) is 3. The quantitative estimate of drug-likeness (QED) is 0.264. The van der Waals surface area contributed by atoms with E-state index in [2.05, 4.69) is 0 Å². The fourth-order valence-corrected chi connectivity index (χ4v) is 5.41. The molecule has 3 aromatic carbocycles. The van der Waals surface area contributed by atoms with Gasteiger partial charge in [0.1, 0.15) is 11.0 Å². The highest BCUT2D eigenvalue weighted by Gasteiger charge is 2.34. The topological polar surface area (TPSA) is 62.9 Å².